The van der Waals surface area contributed by atoms with Crippen LogP contribution in [0, 0.1) is 6.92 Å². The summed E-state index contributed by atoms with van der Waals surface area (Å²) >= 11 is 7.39. The molecule has 1 aliphatic heterocycles. The van der Waals surface area contributed by atoms with Crippen LogP contribution in [0.1, 0.15) is 22.3 Å². The highest BCUT2D eigenvalue weighted by molar-refractivity contribution is 8.03. The highest BCUT2D eigenvalue weighted by atomic mass is 35.5. The molecule has 4 rings (SSSR count). The fourth-order valence-corrected chi connectivity index (χ4v) is 4.70. The van der Waals surface area contributed by atoms with Gasteiger partial charge in [-0.05, 0) is 42.2 Å². The SMILES string of the molecule is Cc1ccc(C2=C(SCc3ccccc3)C(=O)N(CCc3ccc(Cl)cc3)C2=O)cc1. The Labute approximate surface area is 191 Å². The van der Waals surface area contributed by atoms with E-state index in [1.165, 1.54) is 16.7 Å². The van der Waals surface area contributed by atoms with Gasteiger partial charge in [0.1, 0.15) is 0 Å². The van der Waals surface area contributed by atoms with Crippen LogP contribution in [0.5, 0.6) is 0 Å². The number of halogens is 1. The minimum Gasteiger partial charge on any atom is -0.274 e. The second-order valence-corrected chi connectivity index (χ2v) is 8.90. The summed E-state index contributed by atoms with van der Waals surface area (Å²) in [6.45, 7) is 2.34. The summed E-state index contributed by atoms with van der Waals surface area (Å²) in [5.41, 5.74) is 4.55. The van der Waals surface area contributed by atoms with Crippen LogP contribution in [-0.2, 0) is 21.8 Å². The van der Waals surface area contributed by atoms with Crippen molar-refractivity contribution in [2.45, 2.75) is 19.1 Å². The first kappa shape index (κ1) is 21.4. The number of carbonyl (C=O) groups excluding carboxylic acids is 2. The molecule has 0 aliphatic carbocycles. The number of rotatable bonds is 7. The van der Waals surface area contributed by atoms with Gasteiger partial charge in [0.25, 0.3) is 11.8 Å². The fraction of sp³-hybridized carbons (Fsp3) is 0.154. The third-order valence-corrected chi connectivity index (χ3v) is 6.63. The average molecular weight is 448 g/mol. The van der Waals surface area contributed by atoms with Gasteiger partial charge in [0.05, 0.1) is 10.5 Å². The van der Waals surface area contributed by atoms with Crippen LogP contribution < -0.4 is 0 Å². The molecule has 0 saturated carbocycles. The normalized spacial score (nSPS) is 13.9. The van der Waals surface area contributed by atoms with Gasteiger partial charge < -0.3 is 0 Å². The molecule has 5 heteroatoms. The van der Waals surface area contributed by atoms with Gasteiger partial charge in [0, 0.05) is 17.3 Å². The highest BCUT2D eigenvalue weighted by Gasteiger charge is 2.38. The molecule has 3 aromatic carbocycles. The average Bonchev–Trinajstić information content (AvgIpc) is 3.02. The van der Waals surface area contributed by atoms with E-state index in [-0.39, 0.29) is 11.8 Å². The zero-order valence-electron chi connectivity index (χ0n) is 17.2. The molecule has 0 spiro atoms. The first-order valence-electron chi connectivity index (χ1n) is 10.1. The summed E-state index contributed by atoms with van der Waals surface area (Å²) in [5, 5.41) is 0.667. The van der Waals surface area contributed by atoms with E-state index >= 15 is 0 Å². The number of hydrogen-bond donors (Lipinski definition) is 0. The van der Waals surface area contributed by atoms with Crippen LogP contribution in [0.25, 0.3) is 5.57 Å². The van der Waals surface area contributed by atoms with Crippen molar-refractivity contribution >= 4 is 40.8 Å². The molecular formula is C26H22ClNO2S. The lowest BCUT2D eigenvalue weighted by Gasteiger charge is -2.15. The van der Waals surface area contributed by atoms with E-state index in [0.29, 0.717) is 34.2 Å². The molecule has 156 valence electrons. The van der Waals surface area contributed by atoms with Crippen molar-refractivity contribution in [2.24, 2.45) is 0 Å². The minimum atomic E-state index is -0.224. The van der Waals surface area contributed by atoms with Gasteiger partial charge in [0.2, 0.25) is 0 Å². The monoisotopic (exact) mass is 447 g/mol. The smallest absolute Gasteiger partial charge is 0.268 e. The van der Waals surface area contributed by atoms with Crippen molar-refractivity contribution in [2.75, 3.05) is 6.54 Å². The molecule has 0 atom stereocenters. The molecular weight excluding hydrogens is 426 g/mol. The van der Waals surface area contributed by atoms with Crippen LogP contribution >= 0.6 is 23.4 Å². The molecule has 0 N–H and O–H groups in total. The predicted octanol–water partition coefficient (Wildman–Crippen LogP) is 5.90. The lowest BCUT2D eigenvalue weighted by Crippen LogP contribution is -2.33. The molecule has 3 aromatic rings. The van der Waals surface area contributed by atoms with Gasteiger partial charge >= 0.3 is 0 Å². The number of carbonyl (C=O) groups is 2. The second kappa shape index (κ2) is 9.54. The second-order valence-electron chi connectivity index (χ2n) is 7.48. The Hall–Kier alpha value is -2.82. The third-order valence-electron chi connectivity index (χ3n) is 5.23. The lowest BCUT2D eigenvalue weighted by atomic mass is 10.0. The number of imide groups is 1. The van der Waals surface area contributed by atoms with E-state index in [2.05, 4.69) is 0 Å². The van der Waals surface area contributed by atoms with Crippen LogP contribution in [0.2, 0.25) is 5.02 Å². The van der Waals surface area contributed by atoms with E-state index in [1.807, 2.05) is 85.8 Å². The maximum atomic E-state index is 13.3. The molecule has 1 aliphatic rings. The summed E-state index contributed by atoms with van der Waals surface area (Å²) in [4.78, 5) is 28.5. The molecule has 2 amide bonds. The van der Waals surface area contributed by atoms with Crippen molar-refractivity contribution in [3.05, 3.63) is 111 Å². The molecule has 0 bridgehead atoms. The summed E-state index contributed by atoms with van der Waals surface area (Å²) in [5.74, 6) is 0.198. The quantitative estimate of drug-likeness (QED) is 0.423. The number of nitrogens with zero attached hydrogens (tertiary/aromatic N) is 1. The van der Waals surface area contributed by atoms with Gasteiger partial charge in [-0.15, -0.1) is 11.8 Å². The number of aryl methyl sites for hydroxylation is 1. The van der Waals surface area contributed by atoms with Crippen LogP contribution in [-0.4, -0.2) is 23.3 Å². The molecule has 0 radical (unpaired) electrons. The van der Waals surface area contributed by atoms with Gasteiger partial charge in [-0.1, -0.05) is 83.9 Å². The first-order chi connectivity index (χ1) is 15.0. The Morgan fingerprint density at radius 2 is 1.48 bits per heavy atom. The van der Waals surface area contributed by atoms with E-state index in [9.17, 15) is 9.59 Å². The number of amides is 2. The van der Waals surface area contributed by atoms with Crippen LogP contribution in [0.15, 0.2) is 83.8 Å². The Bertz CT molecular complexity index is 1120. The summed E-state index contributed by atoms with van der Waals surface area (Å²) in [6, 6.07) is 25.2. The number of hydrogen-bond acceptors (Lipinski definition) is 3. The maximum Gasteiger partial charge on any atom is 0.268 e. The molecule has 3 nitrogen and oxygen atoms in total. The van der Waals surface area contributed by atoms with Gasteiger partial charge in [0.15, 0.2) is 0 Å². The minimum absolute atomic E-state index is 0.213. The van der Waals surface area contributed by atoms with E-state index < -0.39 is 0 Å². The Morgan fingerprint density at radius 3 is 2.16 bits per heavy atom. The first-order valence-corrected chi connectivity index (χ1v) is 11.5. The molecule has 1 heterocycles. The number of thioether (sulfide) groups is 1. The van der Waals surface area contributed by atoms with Crippen molar-refractivity contribution < 1.29 is 9.59 Å². The zero-order chi connectivity index (χ0) is 21.8. The zero-order valence-corrected chi connectivity index (χ0v) is 18.7. The predicted molar refractivity (Wildman–Crippen MR) is 128 cm³/mol. The molecule has 0 aromatic heterocycles. The molecule has 0 unspecified atom stereocenters. The van der Waals surface area contributed by atoms with Gasteiger partial charge in [-0.3, -0.25) is 14.5 Å². The van der Waals surface area contributed by atoms with Crippen LogP contribution in [0.3, 0.4) is 0 Å². The van der Waals surface area contributed by atoms with E-state index in [4.69, 9.17) is 11.6 Å². The molecule has 31 heavy (non-hydrogen) atoms. The van der Waals surface area contributed by atoms with Gasteiger partial charge in [-0.2, -0.15) is 0 Å². The summed E-state index contributed by atoms with van der Waals surface area (Å²) in [7, 11) is 0. The Kier molecular flexibility index (Phi) is 6.59. The van der Waals surface area contributed by atoms with Crippen molar-refractivity contribution in [1.82, 2.24) is 4.90 Å². The van der Waals surface area contributed by atoms with Gasteiger partial charge in [-0.25, -0.2) is 0 Å². The Balaban J connectivity index is 1.59. The maximum absolute atomic E-state index is 13.3. The number of benzene rings is 3. The van der Waals surface area contributed by atoms with E-state index in [1.54, 1.807) is 0 Å². The standard InChI is InChI=1S/C26H22ClNO2S/c1-18-7-11-21(12-8-18)23-24(31-17-20-5-3-2-4-6-20)26(30)28(25(23)29)16-15-19-9-13-22(27)14-10-19/h2-14H,15-17H2,1H3. The molecule has 0 fully saturated rings. The van der Waals surface area contributed by atoms with Crippen molar-refractivity contribution in [1.29, 1.82) is 0 Å². The third kappa shape index (κ3) is 4.92. The topological polar surface area (TPSA) is 37.4 Å². The van der Waals surface area contributed by atoms with Crippen molar-refractivity contribution in [3.8, 4) is 0 Å². The van der Waals surface area contributed by atoms with Crippen molar-refractivity contribution in [3.63, 3.8) is 0 Å². The van der Waals surface area contributed by atoms with Crippen LogP contribution in [0.4, 0.5) is 0 Å². The lowest BCUT2D eigenvalue weighted by molar-refractivity contribution is -0.136. The Morgan fingerprint density at radius 1 is 0.806 bits per heavy atom. The molecule has 0 saturated heterocycles. The fourth-order valence-electron chi connectivity index (χ4n) is 3.49. The van der Waals surface area contributed by atoms with E-state index in [0.717, 1.165) is 22.3 Å². The summed E-state index contributed by atoms with van der Waals surface area (Å²) in [6.07, 6.45) is 0.590. The summed E-state index contributed by atoms with van der Waals surface area (Å²) < 4.78 is 0. The largest absolute Gasteiger partial charge is 0.274 e. The highest BCUT2D eigenvalue weighted by Crippen LogP contribution is 2.37.